The molecule has 1 fully saturated rings. The molecule has 0 bridgehead atoms. The molecular weight excluding hydrogens is 400 g/mol. The molecular formula is C24H29ClN2O3. The number of aryl methyl sites for hydroxylation is 1. The Morgan fingerprint density at radius 2 is 1.80 bits per heavy atom. The fourth-order valence-corrected chi connectivity index (χ4v) is 3.92. The van der Waals surface area contributed by atoms with Crippen LogP contribution in [0.5, 0.6) is 5.75 Å². The number of hydrogen-bond donors (Lipinski definition) is 1. The number of carbonyl (C=O) groups is 2. The monoisotopic (exact) mass is 428 g/mol. The molecule has 1 atom stereocenters. The number of rotatable bonds is 8. The lowest BCUT2D eigenvalue weighted by Crippen LogP contribution is -2.50. The van der Waals surface area contributed by atoms with Crippen molar-refractivity contribution in [3.05, 3.63) is 64.7 Å². The Bertz CT molecular complexity index is 880. The molecule has 2 aromatic rings. The third kappa shape index (κ3) is 5.76. The van der Waals surface area contributed by atoms with E-state index in [1.165, 1.54) is 0 Å². The maximum Gasteiger partial charge on any atom is 0.261 e. The Balaban J connectivity index is 1.73. The van der Waals surface area contributed by atoms with Crippen LogP contribution in [0.4, 0.5) is 0 Å². The van der Waals surface area contributed by atoms with E-state index in [-0.39, 0.29) is 24.5 Å². The van der Waals surface area contributed by atoms with Gasteiger partial charge in [0.05, 0.1) is 5.02 Å². The second-order valence-corrected chi connectivity index (χ2v) is 8.24. The lowest BCUT2D eigenvalue weighted by molar-refractivity contribution is -0.142. The lowest BCUT2D eigenvalue weighted by atomic mass is 10.1. The van der Waals surface area contributed by atoms with E-state index in [9.17, 15) is 9.59 Å². The molecule has 3 rings (SSSR count). The second kappa shape index (κ2) is 10.5. The van der Waals surface area contributed by atoms with Crippen molar-refractivity contribution in [2.24, 2.45) is 0 Å². The van der Waals surface area contributed by atoms with Gasteiger partial charge in [0.15, 0.2) is 6.61 Å². The van der Waals surface area contributed by atoms with Crippen LogP contribution >= 0.6 is 11.6 Å². The summed E-state index contributed by atoms with van der Waals surface area (Å²) >= 11 is 6.13. The van der Waals surface area contributed by atoms with Gasteiger partial charge in [-0.1, -0.05) is 60.8 Å². The van der Waals surface area contributed by atoms with Gasteiger partial charge in [-0.05, 0) is 49.9 Å². The van der Waals surface area contributed by atoms with Crippen molar-refractivity contribution in [1.82, 2.24) is 10.2 Å². The molecule has 1 saturated carbocycles. The number of carbonyl (C=O) groups excluding carboxylic acids is 2. The minimum absolute atomic E-state index is 0.124. The first-order valence-corrected chi connectivity index (χ1v) is 10.8. The molecule has 0 spiro atoms. The largest absolute Gasteiger partial charge is 0.482 e. The van der Waals surface area contributed by atoms with Crippen LogP contribution in [-0.4, -0.2) is 35.4 Å². The van der Waals surface area contributed by atoms with E-state index in [1.807, 2.05) is 31.2 Å². The highest BCUT2D eigenvalue weighted by molar-refractivity contribution is 6.32. The Morgan fingerprint density at radius 1 is 1.13 bits per heavy atom. The van der Waals surface area contributed by atoms with Gasteiger partial charge < -0.3 is 15.0 Å². The van der Waals surface area contributed by atoms with Gasteiger partial charge in [-0.2, -0.15) is 0 Å². The van der Waals surface area contributed by atoms with Crippen LogP contribution in [0.2, 0.25) is 5.02 Å². The first kappa shape index (κ1) is 22.2. The van der Waals surface area contributed by atoms with Crippen molar-refractivity contribution in [2.45, 2.75) is 58.2 Å². The van der Waals surface area contributed by atoms with Crippen LogP contribution in [-0.2, 0) is 16.1 Å². The number of amides is 2. The Morgan fingerprint density at radius 3 is 2.50 bits per heavy atom. The van der Waals surface area contributed by atoms with Gasteiger partial charge in [-0.15, -0.1) is 0 Å². The van der Waals surface area contributed by atoms with E-state index in [4.69, 9.17) is 16.3 Å². The Labute approximate surface area is 183 Å². The van der Waals surface area contributed by atoms with Crippen molar-refractivity contribution >= 4 is 23.4 Å². The van der Waals surface area contributed by atoms with Crippen molar-refractivity contribution < 1.29 is 14.3 Å². The number of benzene rings is 2. The molecule has 2 aromatic carbocycles. The molecule has 160 valence electrons. The summed E-state index contributed by atoms with van der Waals surface area (Å²) in [5, 5.41) is 3.55. The minimum Gasteiger partial charge on any atom is -0.482 e. The normalized spacial score (nSPS) is 14.9. The lowest BCUT2D eigenvalue weighted by Gasteiger charge is -2.30. The van der Waals surface area contributed by atoms with Crippen LogP contribution in [0.25, 0.3) is 0 Å². The molecule has 30 heavy (non-hydrogen) atoms. The van der Waals surface area contributed by atoms with Gasteiger partial charge in [0.1, 0.15) is 11.8 Å². The summed E-state index contributed by atoms with van der Waals surface area (Å²) in [5.41, 5.74) is 2.08. The predicted octanol–water partition coefficient (Wildman–Crippen LogP) is 4.50. The summed E-state index contributed by atoms with van der Waals surface area (Å²) < 4.78 is 5.66. The molecule has 0 radical (unpaired) electrons. The summed E-state index contributed by atoms with van der Waals surface area (Å²) in [6.07, 6.45) is 4.27. The highest BCUT2D eigenvalue weighted by atomic mass is 35.5. The molecule has 0 heterocycles. The molecule has 6 heteroatoms. The SMILES string of the molecule is Cc1ccccc1CN(C(=O)COc1ccccc1Cl)C(C)C(=O)NC1CCCC1. The number of para-hydroxylation sites is 1. The van der Waals surface area contributed by atoms with Gasteiger partial charge in [0.25, 0.3) is 5.91 Å². The molecule has 1 aliphatic rings. The standard InChI is InChI=1S/C24H29ClN2O3/c1-17-9-3-4-10-19(17)15-27(18(2)24(29)26-20-11-5-6-12-20)23(28)16-30-22-14-8-7-13-21(22)25/h3-4,7-10,13-14,18,20H,5-6,11-12,15-16H2,1-2H3,(H,26,29). The number of nitrogens with one attached hydrogen (secondary N) is 1. The molecule has 0 aliphatic heterocycles. The Hall–Kier alpha value is -2.53. The Kier molecular flexibility index (Phi) is 7.75. The number of nitrogens with zero attached hydrogens (tertiary/aromatic N) is 1. The summed E-state index contributed by atoms with van der Waals surface area (Å²) in [5.74, 6) is 0.0697. The fraction of sp³-hybridized carbons (Fsp3) is 0.417. The molecule has 1 N–H and O–H groups in total. The van der Waals surface area contributed by atoms with Gasteiger partial charge in [-0.25, -0.2) is 0 Å². The van der Waals surface area contributed by atoms with Crippen molar-refractivity contribution in [1.29, 1.82) is 0 Å². The summed E-state index contributed by atoms with van der Waals surface area (Å²) in [7, 11) is 0. The van der Waals surface area contributed by atoms with Crippen LogP contribution < -0.4 is 10.1 Å². The number of hydrogen-bond acceptors (Lipinski definition) is 3. The van der Waals surface area contributed by atoms with E-state index in [2.05, 4.69) is 5.32 Å². The van der Waals surface area contributed by atoms with Crippen LogP contribution in [0.1, 0.15) is 43.7 Å². The first-order chi connectivity index (χ1) is 14.5. The fourth-order valence-electron chi connectivity index (χ4n) is 3.73. The third-order valence-corrected chi connectivity index (χ3v) is 5.97. The van der Waals surface area contributed by atoms with E-state index in [0.717, 1.165) is 36.8 Å². The van der Waals surface area contributed by atoms with Gasteiger partial charge in [0.2, 0.25) is 5.91 Å². The third-order valence-electron chi connectivity index (χ3n) is 5.66. The van der Waals surface area contributed by atoms with E-state index < -0.39 is 6.04 Å². The molecule has 0 saturated heterocycles. The predicted molar refractivity (Wildman–Crippen MR) is 119 cm³/mol. The van der Waals surface area contributed by atoms with Crippen molar-refractivity contribution in [3.63, 3.8) is 0 Å². The maximum atomic E-state index is 13.1. The number of ether oxygens (including phenoxy) is 1. The van der Waals surface area contributed by atoms with Gasteiger partial charge in [0, 0.05) is 12.6 Å². The van der Waals surface area contributed by atoms with E-state index >= 15 is 0 Å². The molecule has 0 aromatic heterocycles. The summed E-state index contributed by atoms with van der Waals surface area (Å²) in [4.78, 5) is 27.6. The molecule has 1 aliphatic carbocycles. The smallest absolute Gasteiger partial charge is 0.261 e. The van der Waals surface area contributed by atoms with Crippen molar-refractivity contribution in [2.75, 3.05) is 6.61 Å². The minimum atomic E-state index is -0.604. The summed E-state index contributed by atoms with van der Waals surface area (Å²) in [6, 6.07) is 14.5. The molecule has 5 nitrogen and oxygen atoms in total. The zero-order valence-corrected chi connectivity index (χ0v) is 18.3. The average molecular weight is 429 g/mol. The van der Waals surface area contributed by atoms with Crippen molar-refractivity contribution in [3.8, 4) is 5.75 Å². The second-order valence-electron chi connectivity index (χ2n) is 7.83. The molecule has 2 amide bonds. The van der Waals surface area contributed by atoms with E-state index in [0.29, 0.717) is 17.3 Å². The molecule has 1 unspecified atom stereocenters. The average Bonchev–Trinajstić information content (AvgIpc) is 3.25. The zero-order chi connectivity index (χ0) is 21.5. The zero-order valence-electron chi connectivity index (χ0n) is 17.6. The highest BCUT2D eigenvalue weighted by Crippen LogP contribution is 2.23. The van der Waals surface area contributed by atoms with Crippen LogP contribution in [0.15, 0.2) is 48.5 Å². The highest BCUT2D eigenvalue weighted by Gasteiger charge is 2.29. The quantitative estimate of drug-likeness (QED) is 0.673. The maximum absolute atomic E-state index is 13.1. The van der Waals surface area contributed by atoms with E-state index in [1.54, 1.807) is 36.1 Å². The number of halogens is 1. The van der Waals surface area contributed by atoms with Crippen LogP contribution in [0, 0.1) is 6.92 Å². The van der Waals surface area contributed by atoms with Gasteiger partial charge in [-0.3, -0.25) is 9.59 Å². The summed E-state index contributed by atoms with van der Waals surface area (Å²) in [6.45, 7) is 3.94. The van der Waals surface area contributed by atoms with Crippen LogP contribution in [0.3, 0.4) is 0 Å². The van der Waals surface area contributed by atoms with Gasteiger partial charge >= 0.3 is 0 Å². The first-order valence-electron chi connectivity index (χ1n) is 10.5. The topological polar surface area (TPSA) is 58.6 Å².